The van der Waals surface area contributed by atoms with E-state index in [0.717, 1.165) is 12.0 Å². The third-order valence-electron chi connectivity index (χ3n) is 4.41. The van der Waals surface area contributed by atoms with Gasteiger partial charge < -0.3 is 13.3 Å². The monoisotopic (exact) mass is 316 g/mol. The predicted molar refractivity (Wildman–Crippen MR) is 90.5 cm³/mol. The van der Waals surface area contributed by atoms with Gasteiger partial charge in [0, 0.05) is 25.9 Å². The quantitative estimate of drug-likeness (QED) is 0.367. The summed E-state index contributed by atoms with van der Waals surface area (Å²) in [4.78, 5) is 0. The number of hydrogen-bond acceptors (Lipinski definition) is 3. The molecule has 0 aliphatic heterocycles. The molecule has 1 fully saturated rings. The topological polar surface area (TPSA) is 27.7 Å². The molecule has 1 saturated carbocycles. The van der Waals surface area contributed by atoms with Crippen LogP contribution in [-0.2, 0) is 13.3 Å². The predicted octanol–water partition coefficient (Wildman–Crippen LogP) is 5.18. The molecular formula is C17H36O3Si. The van der Waals surface area contributed by atoms with E-state index < -0.39 is 8.80 Å². The van der Waals surface area contributed by atoms with E-state index in [4.69, 9.17) is 13.3 Å². The molecular weight excluding hydrogens is 280 g/mol. The minimum Gasteiger partial charge on any atom is -0.374 e. The fourth-order valence-electron chi connectivity index (χ4n) is 3.43. The zero-order valence-electron chi connectivity index (χ0n) is 14.5. The van der Waals surface area contributed by atoms with Crippen LogP contribution in [0.4, 0.5) is 0 Å². The minimum atomic E-state index is -2.39. The Morgan fingerprint density at radius 2 is 1.33 bits per heavy atom. The molecule has 0 spiro atoms. The average Bonchev–Trinajstić information content (AvgIpc) is 2.49. The van der Waals surface area contributed by atoms with Gasteiger partial charge in [-0.1, -0.05) is 51.4 Å². The second-order valence-electron chi connectivity index (χ2n) is 6.09. The van der Waals surface area contributed by atoms with Crippen molar-refractivity contribution >= 4 is 8.80 Å². The first kappa shape index (κ1) is 19.1. The zero-order chi connectivity index (χ0) is 15.4. The van der Waals surface area contributed by atoms with Crippen LogP contribution in [-0.4, -0.2) is 28.6 Å². The molecule has 4 heteroatoms. The van der Waals surface area contributed by atoms with E-state index in [0.29, 0.717) is 19.8 Å². The molecule has 0 unspecified atom stereocenters. The van der Waals surface area contributed by atoms with Gasteiger partial charge in [-0.05, 0) is 33.1 Å². The molecule has 0 saturated heterocycles. The molecule has 126 valence electrons. The van der Waals surface area contributed by atoms with Gasteiger partial charge in [-0.15, -0.1) is 0 Å². The van der Waals surface area contributed by atoms with Gasteiger partial charge in [0.05, 0.1) is 0 Å². The van der Waals surface area contributed by atoms with Gasteiger partial charge in [0.2, 0.25) is 0 Å². The molecule has 0 N–H and O–H groups in total. The van der Waals surface area contributed by atoms with E-state index >= 15 is 0 Å². The lowest BCUT2D eigenvalue weighted by Gasteiger charge is -2.28. The van der Waals surface area contributed by atoms with Crippen LogP contribution >= 0.6 is 0 Å². The van der Waals surface area contributed by atoms with Gasteiger partial charge >= 0.3 is 8.80 Å². The van der Waals surface area contributed by atoms with Crippen LogP contribution in [0.1, 0.15) is 78.6 Å². The maximum absolute atomic E-state index is 5.90. The zero-order valence-corrected chi connectivity index (χ0v) is 15.5. The molecule has 0 radical (unpaired) electrons. The molecule has 1 aliphatic rings. The standard InChI is InChI=1S/C17H36O3Si/c1-4-18-21(19-5-2,20-6-3)16-12-8-11-15-17-13-9-7-10-14-17/h17H,4-16H2,1-3H3. The number of unbranched alkanes of at least 4 members (excludes halogenated alkanes) is 2. The average molecular weight is 317 g/mol. The third-order valence-corrected chi connectivity index (χ3v) is 7.56. The summed E-state index contributed by atoms with van der Waals surface area (Å²) in [5.74, 6) is 1.01. The first-order valence-electron chi connectivity index (χ1n) is 9.18. The Morgan fingerprint density at radius 3 is 1.86 bits per heavy atom. The van der Waals surface area contributed by atoms with Crippen molar-refractivity contribution in [3.8, 4) is 0 Å². The van der Waals surface area contributed by atoms with Crippen molar-refractivity contribution in [3.63, 3.8) is 0 Å². The van der Waals surface area contributed by atoms with Gasteiger partial charge in [0.25, 0.3) is 0 Å². The summed E-state index contributed by atoms with van der Waals surface area (Å²) >= 11 is 0. The summed E-state index contributed by atoms with van der Waals surface area (Å²) < 4.78 is 17.7. The van der Waals surface area contributed by atoms with Crippen LogP contribution in [0.5, 0.6) is 0 Å². The summed E-state index contributed by atoms with van der Waals surface area (Å²) in [6.45, 7) is 8.16. The highest BCUT2D eigenvalue weighted by Crippen LogP contribution is 2.28. The van der Waals surface area contributed by atoms with Crippen molar-refractivity contribution in [1.82, 2.24) is 0 Å². The van der Waals surface area contributed by atoms with Crippen LogP contribution in [0.15, 0.2) is 0 Å². The molecule has 0 aromatic rings. The molecule has 1 aliphatic carbocycles. The lowest BCUT2D eigenvalue weighted by atomic mass is 9.86. The molecule has 0 amide bonds. The van der Waals surface area contributed by atoms with Crippen molar-refractivity contribution in [2.45, 2.75) is 84.6 Å². The molecule has 0 bridgehead atoms. The first-order valence-corrected chi connectivity index (χ1v) is 11.1. The molecule has 0 atom stereocenters. The molecule has 21 heavy (non-hydrogen) atoms. The van der Waals surface area contributed by atoms with E-state index in [9.17, 15) is 0 Å². The smallest absolute Gasteiger partial charge is 0.374 e. The lowest BCUT2D eigenvalue weighted by Crippen LogP contribution is -2.45. The summed E-state index contributed by atoms with van der Waals surface area (Å²) in [6.07, 6.45) is 12.6. The number of hydrogen-bond donors (Lipinski definition) is 0. The van der Waals surface area contributed by atoms with Crippen LogP contribution < -0.4 is 0 Å². The van der Waals surface area contributed by atoms with E-state index in [1.165, 1.54) is 57.8 Å². The Labute approximate surface area is 133 Å². The Kier molecular flexibility index (Phi) is 10.6. The third kappa shape index (κ3) is 7.77. The van der Waals surface area contributed by atoms with Crippen molar-refractivity contribution in [3.05, 3.63) is 0 Å². The highest BCUT2D eigenvalue weighted by Gasteiger charge is 2.39. The van der Waals surface area contributed by atoms with Crippen LogP contribution in [0.2, 0.25) is 6.04 Å². The van der Waals surface area contributed by atoms with E-state index in [1.807, 2.05) is 20.8 Å². The van der Waals surface area contributed by atoms with E-state index in [-0.39, 0.29) is 0 Å². The van der Waals surface area contributed by atoms with E-state index in [1.54, 1.807) is 0 Å². The largest absolute Gasteiger partial charge is 0.500 e. The Hall–Kier alpha value is 0.0969. The second-order valence-corrected chi connectivity index (χ2v) is 8.82. The van der Waals surface area contributed by atoms with Crippen molar-refractivity contribution in [1.29, 1.82) is 0 Å². The molecule has 0 aromatic heterocycles. The van der Waals surface area contributed by atoms with Crippen molar-refractivity contribution < 1.29 is 13.3 Å². The summed E-state index contributed by atoms with van der Waals surface area (Å²) in [6, 6.07) is 0.979. The van der Waals surface area contributed by atoms with Gasteiger partial charge in [-0.25, -0.2) is 0 Å². The summed E-state index contributed by atoms with van der Waals surface area (Å²) in [7, 11) is -2.39. The Morgan fingerprint density at radius 1 is 0.762 bits per heavy atom. The fourth-order valence-corrected chi connectivity index (χ4v) is 6.11. The van der Waals surface area contributed by atoms with Gasteiger partial charge in [-0.3, -0.25) is 0 Å². The SMILES string of the molecule is CCO[Si](CCCCCC1CCCCC1)(OCC)OCC. The summed E-state index contributed by atoms with van der Waals surface area (Å²) in [5, 5.41) is 0. The van der Waals surface area contributed by atoms with E-state index in [2.05, 4.69) is 0 Å². The highest BCUT2D eigenvalue weighted by molar-refractivity contribution is 6.60. The fraction of sp³-hybridized carbons (Fsp3) is 1.00. The van der Waals surface area contributed by atoms with Gasteiger partial charge in [-0.2, -0.15) is 0 Å². The summed E-state index contributed by atoms with van der Waals surface area (Å²) in [5.41, 5.74) is 0. The van der Waals surface area contributed by atoms with Crippen molar-refractivity contribution in [2.24, 2.45) is 5.92 Å². The molecule has 1 rings (SSSR count). The van der Waals surface area contributed by atoms with Crippen LogP contribution in [0.25, 0.3) is 0 Å². The van der Waals surface area contributed by atoms with Crippen LogP contribution in [0, 0.1) is 5.92 Å². The molecule has 3 nitrogen and oxygen atoms in total. The van der Waals surface area contributed by atoms with Gasteiger partial charge in [0.15, 0.2) is 0 Å². The first-order chi connectivity index (χ1) is 10.3. The maximum Gasteiger partial charge on any atom is 0.500 e. The normalized spacial score (nSPS) is 17.3. The number of rotatable bonds is 12. The molecule has 0 aromatic carbocycles. The second kappa shape index (κ2) is 11.6. The Bertz CT molecular complexity index is 225. The van der Waals surface area contributed by atoms with Crippen LogP contribution in [0.3, 0.4) is 0 Å². The maximum atomic E-state index is 5.90. The minimum absolute atomic E-state index is 0.689. The molecule has 0 heterocycles. The van der Waals surface area contributed by atoms with Gasteiger partial charge in [0.1, 0.15) is 0 Å². The highest BCUT2D eigenvalue weighted by atomic mass is 28.4. The lowest BCUT2D eigenvalue weighted by molar-refractivity contribution is 0.0706. The van der Waals surface area contributed by atoms with Crippen molar-refractivity contribution in [2.75, 3.05) is 19.8 Å². The Balaban J connectivity index is 2.21.